The van der Waals surface area contributed by atoms with Crippen LogP contribution in [0.15, 0.2) is 59.5 Å². The number of carbonyl (C=O) groups is 1. The summed E-state index contributed by atoms with van der Waals surface area (Å²) in [6.07, 6.45) is 0. The Morgan fingerprint density at radius 2 is 1.72 bits per heavy atom. The van der Waals surface area contributed by atoms with Gasteiger partial charge in [-0.3, -0.25) is 4.55 Å². The molecule has 128 valence electrons. The zero-order valence-electron chi connectivity index (χ0n) is 12.7. The average molecular weight is 359 g/mol. The molecule has 8 heteroatoms. The summed E-state index contributed by atoms with van der Waals surface area (Å²) < 4.78 is 33.4. The maximum Gasteiger partial charge on any atom is 0.339 e. The van der Waals surface area contributed by atoms with Crippen molar-refractivity contribution in [2.45, 2.75) is 4.90 Å². The molecule has 0 aliphatic heterocycles. The number of aromatic carboxylic acids is 1. The predicted molar refractivity (Wildman–Crippen MR) is 92.1 cm³/mol. The van der Waals surface area contributed by atoms with Crippen LogP contribution in [0.1, 0.15) is 10.4 Å². The number of fused-ring (bicyclic) bond motifs is 1. The molecule has 0 amide bonds. The van der Waals surface area contributed by atoms with Crippen LogP contribution in [-0.2, 0) is 10.1 Å². The van der Waals surface area contributed by atoms with Crippen molar-refractivity contribution in [3.63, 3.8) is 0 Å². The largest absolute Gasteiger partial charge is 0.507 e. The Hall–Kier alpha value is -3.10. The van der Waals surface area contributed by atoms with Gasteiger partial charge in [-0.1, -0.05) is 30.3 Å². The number of hydrogen-bond donors (Lipinski definition) is 4. The summed E-state index contributed by atoms with van der Waals surface area (Å²) in [5.41, 5.74) is -0.00203. The van der Waals surface area contributed by atoms with Gasteiger partial charge in [0, 0.05) is 11.1 Å². The van der Waals surface area contributed by atoms with Gasteiger partial charge >= 0.3 is 5.97 Å². The smallest absolute Gasteiger partial charge is 0.339 e. The maximum absolute atomic E-state index is 11.9. The SMILES string of the molecule is O=C(O)c1cc(Nc2ccc3ccccc3c2S(=O)(=O)O)ccc1O. The molecule has 0 spiro atoms. The molecule has 3 rings (SSSR count). The highest BCUT2D eigenvalue weighted by Gasteiger charge is 2.20. The van der Waals surface area contributed by atoms with Gasteiger partial charge < -0.3 is 15.5 Å². The van der Waals surface area contributed by atoms with Gasteiger partial charge in [-0.15, -0.1) is 0 Å². The van der Waals surface area contributed by atoms with Gasteiger partial charge in [0.05, 0.1) is 5.69 Å². The van der Waals surface area contributed by atoms with Crippen molar-refractivity contribution in [3.05, 3.63) is 60.2 Å². The molecule has 3 aromatic carbocycles. The first-order chi connectivity index (χ1) is 11.8. The highest BCUT2D eigenvalue weighted by molar-refractivity contribution is 7.86. The second kappa shape index (κ2) is 6.08. The van der Waals surface area contributed by atoms with E-state index in [1.54, 1.807) is 30.3 Å². The number of benzene rings is 3. The van der Waals surface area contributed by atoms with E-state index >= 15 is 0 Å². The molecular weight excluding hydrogens is 346 g/mol. The molecule has 0 heterocycles. The Morgan fingerprint density at radius 1 is 1.00 bits per heavy atom. The minimum atomic E-state index is -4.54. The second-order valence-electron chi connectivity index (χ2n) is 5.30. The van der Waals surface area contributed by atoms with Crippen molar-refractivity contribution < 1.29 is 28.0 Å². The van der Waals surface area contributed by atoms with E-state index in [0.717, 1.165) is 0 Å². The fourth-order valence-corrected chi connectivity index (χ4v) is 3.42. The fraction of sp³-hybridized carbons (Fsp3) is 0. The number of rotatable bonds is 4. The number of anilines is 2. The second-order valence-corrected chi connectivity index (χ2v) is 6.66. The zero-order chi connectivity index (χ0) is 18.2. The van der Waals surface area contributed by atoms with Crippen LogP contribution < -0.4 is 5.32 Å². The number of carboxylic acid groups (broad SMARTS) is 1. The van der Waals surface area contributed by atoms with Crippen molar-refractivity contribution in [1.82, 2.24) is 0 Å². The number of aromatic hydroxyl groups is 1. The number of carboxylic acids is 1. The summed E-state index contributed by atoms with van der Waals surface area (Å²) in [7, 11) is -4.54. The van der Waals surface area contributed by atoms with Gasteiger partial charge in [0.1, 0.15) is 16.2 Å². The molecule has 0 saturated carbocycles. The highest BCUT2D eigenvalue weighted by atomic mass is 32.2. The summed E-state index contributed by atoms with van der Waals surface area (Å²) in [4.78, 5) is 10.8. The first-order valence-corrected chi connectivity index (χ1v) is 8.54. The lowest BCUT2D eigenvalue weighted by Gasteiger charge is -2.13. The number of hydrogen-bond acceptors (Lipinski definition) is 5. The molecule has 0 unspecified atom stereocenters. The van der Waals surface area contributed by atoms with Crippen LogP contribution in [0.5, 0.6) is 5.75 Å². The van der Waals surface area contributed by atoms with E-state index in [1.165, 1.54) is 24.3 Å². The molecule has 4 N–H and O–H groups in total. The third-order valence-corrected chi connectivity index (χ3v) is 4.60. The molecule has 0 aliphatic rings. The van der Waals surface area contributed by atoms with E-state index in [9.17, 15) is 22.9 Å². The third kappa shape index (κ3) is 3.25. The molecule has 0 fully saturated rings. The molecule has 0 bridgehead atoms. The Balaban J connectivity index is 2.17. The Kier molecular flexibility index (Phi) is 4.07. The molecule has 0 atom stereocenters. The average Bonchev–Trinajstić information content (AvgIpc) is 2.55. The van der Waals surface area contributed by atoms with Crippen molar-refractivity contribution in [2.75, 3.05) is 5.32 Å². The van der Waals surface area contributed by atoms with E-state index in [0.29, 0.717) is 10.8 Å². The topological polar surface area (TPSA) is 124 Å². The van der Waals surface area contributed by atoms with Crippen molar-refractivity contribution >= 4 is 38.2 Å². The van der Waals surface area contributed by atoms with Gasteiger partial charge in [0.2, 0.25) is 0 Å². The number of phenols is 1. The Bertz CT molecular complexity index is 1090. The Labute approximate surface area is 142 Å². The summed E-state index contributed by atoms with van der Waals surface area (Å²) in [6.45, 7) is 0. The molecule has 0 aliphatic carbocycles. The van der Waals surface area contributed by atoms with E-state index in [1.807, 2.05) is 0 Å². The third-order valence-electron chi connectivity index (χ3n) is 3.64. The first kappa shape index (κ1) is 16.7. The molecule has 3 aromatic rings. The highest BCUT2D eigenvalue weighted by Crippen LogP contribution is 2.33. The minimum Gasteiger partial charge on any atom is -0.507 e. The van der Waals surface area contributed by atoms with Crippen LogP contribution in [0.3, 0.4) is 0 Å². The Morgan fingerprint density at radius 3 is 2.40 bits per heavy atom. The fourth-order valence-electron chi connectivity index (χ4n) is 2.56. The van der Waals surface area contributed by atoms with Gasteiger partial charge in [0.25, 0.3) is 10.1 Å². The van der Waals surface area contributed by atoms with Crippen LogP contribution in [-0.4, -0.2) is 29.2 Å². The lowest BCUT2D eigenvalue weighted by molar-refractivity contribution is 0.0693. The summed E-state index contributed by atoms with van der Waals surface area (Å²) in [5, 5.41) is 22.3. The van der Waals surface area contributed by atoms with E-state index in [4.69, 9.17) is 5.11 Å². The van der Waals surface area contributed by atoms with Crippen molar-refractivity contribution in [3.8, 4) is 5.75 Å². The maximum atomic E-state index is 11.9. The summed E-state index contributed by atoms with van der Waals surface area (Å²) in [6, 6.07) is 13.5. The quantitative estimate of drug-likeness (QED) is 0.416. The van der Waals surface area contributed by atoms with Gasteiger partial charge in [-0.25, -0.2) is 4.79 Å². The molecule has 0 aromatic heterocycles. The molecule has 0 saturated heterocycles. The van der Waals surface area contributed by atoms with Crippen LogP contribution >= 0.6 is 0 Å². The zero-order valence-corrected chi connectivity index (χ0v) is 13.5. The van der Waals surface area contributed by atoms with E-state index in [-0.39, 0.29) is 21.8 Å². The van der Waals surface area contributed by atoms with Gasteiger partial charge in [-0.05, 0) is 29.7 Å². The molecule has 7 nitrogen and oxygen atoms in total. The monoisotopic (exact) mass is 359 g/mol. The molecule has 25 heavy (non-hydrogen) atoms. The van der Waals surface area contributed by atoms with Crippen LogP contribution in [0, 0.1) is 0 Å². The van der Waals surface area contributed by atoms with Crippen molar-refractivity contribution in [2.24, 2.45) is 0 Å². The predicted octanol–water partition coefficient (Wildman–Crippen LogP) is 3.23. The molecule has 0 radical (unpaired) electrons. The van der Waals surface area contributed by atoms with Gasteiger partial charge in [0.15, 0.2) is 0 Å². The standard InChI is InChI=1S/C17H13NO6S/c19-15-8-6-11(9-13(15)17(20)21)18-14-7-5-10-3-1-2-4-12(10)16(14)25(22,23)24/h1-9,18-19H,(H,20,21)(H,22,23,24). The number of nitrogens with one attached hydrogen (secondary N) is 1. The first-order valence-electron chi connectivity index (χ1n) is 7.10. The lowest BCUT2D eigenvalue weighted by atomic mass is 10.1. The minimum absolute atomic E-state index is 0.0863. The molecular formula is C17H13NO6S. The normalized spacial score (nSPS) is 11.4. The summed E-state index contributed by atoms with van der Waals surface area (Å²) >= 11 is 0. The van der Waals surface area contributed by atoms with Crippen molar-refractivity contribution in [1.29, 1.82) is 0 Å². The lowest BCUT2D eigenvalue weighted by Crippen LogP contribution is -2.05. The van der Waals surface area contributed by atoms with Crippen LogP contribution in [0.4, 0.5) is 11.4 Å². The van der Waals surface area contributed by atoms with Gasteiger partial charge in [-0.2, -0.15) is 8.42 Å². The summed E-state index contributed by atoms with van der Waals surface area (Å²) in [5.74, 6) is -1.73. The van der Waals surface area contributed by atoms with E-state index in [2.05, 4.69) is 5.32 Å². The van der Waals surface area contributed by atoms with Crippen LogP contribution in [0.2, 0.25) is 0 Å². The van der Waals surface area contributed by atoms with Crippen LogP contribution in [0.25, 0.3) is 10.8 Å². The van der Waals surface area contributed by atoms with E-state index < -0.39 is 21.8 Å².